The van der Waals surface area contributed by atoms with Crippen LogP contribution in [0.1, 0.15) is 12.5 Å². The summed E-state index contributed by atoms with van der Waals surface area (Å²) in [6, 6.07) is 8.62. The molecule has 0 aliphatic heterocycles. The molecule has 14 heavy (non-hydrogen) atoms. The molecular weight excluding hydrogens is 194 g/mol. The lowest BCUT2D eigenvalue weighted by atomic mass is 10.2. The van der Waals surface area contributed by atoms with Gasteiger partial charge in [-0.05, 0) is 30.9 Å². The Kier molecular flexibility index (Phi) is 5.01. The number of hydrogen-bond donors (Lipinski definition) is 2. The number of benzene rings is 1. The topological polar surface area (TPSA) is 32.3 Å². The van der Waals surface area contributed by atoms with Crippen LogP contribution in [-0.2, 0) is 6.54 Å². The van der Waals surface area contributed by atoms with Crippen LogP contribution < -0.4 is 5.32 Å². The highest BCUT2D eigenvalue weighted by Crippen LogP contribution is 2.14. The fourth-order valence-corrected chi connectivity index (χ4v) is 1.51. The van der Waals surface area contributed by atoms with Gasteiger partial charge in [0.05, 0.1) is 6.61 Å². The fraction of sp³-hybridized carbons (Fsp3) is 0.455. The first-order valence-corrected chi connectivity index (χ1v) is 5.96. The zero-order chi connectivity index (χ0) is 10.4. The molecule has 0 saturated heterocycles. The smallest absolute Gasteiger partial charge is 0.0582 e. The summed E-state index contributed by atoms with van der Waals surface area (Å²) in [5.74, 6) is 0. The normalized spacial score (nSPS) is 12.8. The maximum atomic E-state index is 8.83. The molecule has 1 rings (SSSR count). The third-order valence-electron chi connectivity index (χ3n) is 2.09. The van der Waals surface area contributed by atoms with E-state index in [0.717, 1.165) is 6.54 Å². The van der Waals surface area contributed by atoms with Gasteiger partial charge < -0.3 is 10.4 Å². The van der Waals surface area contributed by atoms with E-state index in [1.54, 1.807) is 11.8 Å². The fourth-order valence-electron chi connectivity index (χ4n) is 1.10. The van der Waals surface area contributed by atoms with Gasteiger partial charge in [-0.3, -0.25) is 0 Å². The Morgan fingerprint density at radius 3 is 2.50 bits per heavy atom. The van der Waals surface area contributed by atoms with Gasteiger partial charge >= 0.3 is 0 Å². The molecule has 0 aromatic heterocycles. The third kappa shape index (κ3) is 3.70. The summed E-state index contributed by atoms with van der Waals surface area (Å²) >= 11 is 1.75. The van der Waals surface area contributed by atoms with Crippen LogP contribution in [-0.4, -0.2) is 24.0 Å². The van der Waals surface area contributed by atoms with Crippen molar-refractivity contribution in [2.45, 2.75) is 24.4 Å². The first kappa shape index (κ1) is 11.6. The minimum Gasteiger partial charge on any atom is -0.395 e. The minimum atomic E-state index is 0.162. The van der Waals surface area contributed by atoms with Crippen molar-refractivity contribution in [1.82, 2.24) is 5.32 Å². The Hall–Kier alpha value is -0.510. The van der Waals surface area contributed by atoms with E-state index in [2.05, 4.69) is 35.8 Å². The summed E-state index contributed by atoms with van der Waals surface area (Å²) in [4.78, 5) is 1.28. The molecule has 0 saturated carbocycles. The van der Waals surface area contributed by atoms with Crippen molar-refractivity contribution in [2.75, 3.05) is 12.9 Å². The molecule has 1 unspecified atom stereocenters. The predicted octanol–water partition coefficient (Wildman–Crippen LogP) is 1.88. The van der Waals surface area contributed by atoms with Crippen molar-refractivity contribution in [3.63, 3.8) is 0 Å². The molecule has 1 aromatic carbocycles. The van der Waals surface area contributed by atoms with Gasteiger partial charge in [0.25, 0.3) is 0 Å². The molecular formula is C11H17NOS. The number of aliphatic hydroxyl groups is 1. The van der Waals surface area contributed by atoms with Gasteiger partial charge in [0, 0.05) is 17.5 Å². The van der Waals surface area contributed by atoms with Gasteiger partial charge in [-0.15, -0.1) is 11.8 Å². The lowest BCUT2D eigenvalue weighted by molar-refractivity contribution is 0.251. The summed E-state index contributed by atoms with van der Waals surface area (Å²) in [6.45, 7) is 2.97. The minimum absolute atomic E-state index is 0.162. The molecule has 0 spiro atoms. The standard InChI is InChI=1S/C11H17NOS/c1-9(8-13)12-7-10-3-5-11(14-2)6-4-10/h3-6,9,12-13H,7-8H2,1-2H3. The summed E-state index contributed by atoms with van der Waals surface area (Å²) < 4.78 is 0. The van der Waals surface area contributed by atoms with E-state index >= 15 is 0 Å². The number of hydrogen-bond acceptors (Lipinski definition) is 3. The predicted molar refractivity (Wildman–Crippen MR) is 61.6 cm³/mol. The van der Waals surface area contributed by atoms with Crippen molar-refractivity contribution < 1.29 is 5.11 Å². The molecule has 78 valence electrons. The molecule has 2 nitrogen and oxygen atoms in total. The Morgan fingerprint density at radius 1 is 1.36 bits per heavy atom. The Morgan fingerprint density at radius 2 is 2.00 bits per heavy atom. The zero-order valence-corrected chi connectivity index (χ0v) is 9.47. The zero-order valence-electron chi connectivity index (χ0n) is 8.66. The van der Waals surface area contributed by atoms with Crippen LogP contribution in [0.4, 0.5) is 0 Å². The Labute approximate surface area is 89.7 Å². The van der Waals surface area contributed by atoms with Crippen LogP contribution in [0.2, 0.25) is 0 Å². The second-order valence-electron chi connectivity index (χ2n) is 3.31. The van der Waals surface area contributed by atoms with E-state index in [1.807, 2.05) is 6.92 Å². The van der Waals surface area contributed by atoms with E-state index < -0.39 is 0 Å². The number of rotatable bonds is 5. The lowest BCUT2D eigenvalue weighted by Gasteiger charge is -2.10. The SMILES string of the molecule is CSc1ccc(CNC(C)CO)cc1. The Balaban J connectivity index is 2.43. The van der Waals surface area contributed by atoms with Crippen LogP contribution in [0.5, 0.6) is 0 Å². The second kappa shape index (κ2) is 6.06. The highest BCUT2D eigenvalue weighted by molar-refractivity contribution is 7.98. The maximum Gasteiger partial charge on any atom is 0.0582 e. The van der Waals surface area contributed by atoms with Gasteiger partial charge in [0.1, 0.15) is 0 Å². The Bertz CT molecular complexity index is 260. The first-order chi connectivity index (χ1) is 6.76. The van der Waals surface area contributed by atoms with Gasteiger partial charge in [-0.25, -0.2) is 0 Å². The quantitative estimate of drug-likeness (QED) is 0.729. The van der Waals surface area contributed by atoms with E-state index in [-0.39, 0.29) is 12.6 Å². The molecule has 0 aliphatic rings. The van der Waals surface area contributed by atoms with Gasteiger partial charge in [-0.1, -0.05) is 12.1 Å². The average Bonchev–Trinajstić information content (AvgIpc) is 2.26. The molecule has 0 radical (unpaired) electrons. The molecule has 0 bridgehead atoms. The van der Waals surface area contributed by atoms with E-state index in [1.165, 1.54) is 10.5 Å². The van der Waals surface area contributed by atoms with Crippen LogP contribution in [0.25, 0.3) is 0 Å². The van der Waals surface area contributed by atoms with Crippen molar-refractivity contribution >= 4 is 11.8 Å². The average molecular weight is 211 g/mol. The van der Waals surface area contributed by atoms with Gasteiger partial charge in [-0.2, -0.15) is 0 Å². The first-order valence-electron chi connectivity index (χ1n) is 4.73. The van der Waals surface area contributed by atoms with Crippen molar-refractivity contribution in [2.24, 2.45) is 0 Å². The number of aliphatic hydroxyl groups excluding tert-OH is 1. The molecule has 1 atom stereocenters. The summed E-state index contributed by atoms with van der Waals surface area (Å²) in [5, 5.41) is 12.1. The highest BCUT2D eigenvalue weighted by Gasteiger charge is 1.98. The molecule has 1 aromatic rings. The summed E-state index contributed by atoms with van der Waals surface area (Å²) in [5.41, 5.74) is 1.25. The monoisotopic (exact) mass is 211 g/mol. The van der Waals surface area contributed by atoms with Crippen molar-refractivity contribution in [1.29, 1.82) is 0 Å². The number of nitrogens with one attached hydrogen (secondary N) is 1. The van der Waals surface area contributed by atoms with Gasteiger partial charge in [0.15, 0.2) is 0 Å². The molecule has 3 heteroatoms. The van der Waals surface area contributed by atoms with E-state index in [0.29, 0.717) is 0 Å². The molecule has 0 fully saturated rings. The van der Waals surface area contributed by atoms with Gasteiger partial charge in [0.2, 0.25) is 0 Å². The molecule has 0 aliphatic carbocycles. The van der Waals surface area contributed by atoms with Crippen LogP contribution >= 0.6 is 11.8 Å². The maximum absolute atomic E-state index is 8.83. The molecule has 0 amide bonds. The van der Waals surface area contributed by atoms with E-state index in [4.69, 9.17) is 5.11 Å². The van der Waals surface area contributed by atoms with Crippen molar-refractivity contribution in [3.8, 4) is 0 Å². The largest absolute Gasteiger partial charge is 0.395 e. The highest BCUT2D eigenvalue weighted by atomic mass is 32.2. The summed E-state index contributed by atoms with van der Waals surface area (Å²) in [6.07, 6.45) is 2.07. The second-order valence-corrected chi connectivity index (χ2v) is 4.19. The molecule has 2 N–H and O–H groups in total. The third-order valence-corrected chi connectivity index (χ3v) is 2.83. The van der Waals surface area contributed by atoms with Crippen LogP contribution in [0, 0.1) is 0 Å². The number of thioether (sulfide) groups is 1. The van der Waals surface area contributed by atoms with E-state index in [9.17, 15) is 0 Å². The van der Waals surface area contributed by atoms with Crippen LogP contribution in [0.3, 0.4) is 0 Å². The van der Waals surface area contributed by atoms with Crippen molar-refractivity contribution in [3.05, 3.63) is 29.8 Å². The molecule has 0 heterocycles. The lowest BCUT2D eigenvalue weighted by Crippen LogP contribution is -2.28. The summed E-state index contributed by atoms with van der Waals surface area (Å²) in [7, 11) is 0. The van der Waals surface area contributed by atoms with Crippen LogP contribution in [0.15, 0.2) is 29.2 Å².